The minimum Gasteiger partial charge on any atom is -0.345 e. The topological polar surface area (TPSA) is 133 Å². The predicted octanol–water partition coefficient (Wildman–Crippen LogP) is 3.71. The third-order valence-electron chi connectivity index (χ3n) is 7.48. The van der Waals surface area contributed by atoms with Crippen LogP contribution in [-0.2, 0) is 32.1 Å². The van der Waals surface area contributed by atoms with Gasteiger partial charge in [-0.05, 0) is 46.9 Å². The van der Waals surface area contributed by atoms with Gasteiger partial charge in [0.15, 0.2) is 0 Å². The zero-order chi connectivity index (χ0) is 32.3. The van der Waals surface area contributed by atoms with Crippen molar-refractivity contribution in [2.24, 2.45) is 5.92 Å². The molecule has 0 aliphatic rings. The molecule has 9 nitrogen and oxygen atoms in total. The molecule has 0 aliphatic heterocycles. The molecule has 4 aromatic carbocycles. The van der Waals surface area contributed by atoms with Crippen LogP contribution in [0.25, 0.3) is 10.8 Å². The molecule has 0 bridgehead atoms. The van der Waals surface area contributed by atoms with Gasteiger partial charge < -0.3 is 21.3 Å². The molecule has 0 heterocycles. The highest BCUT2D eigenvalue weighted by molar-refractivity contribution is 6.38. The lowest BCUT2D eigenvalue weighted by atomic mass is 9.97. The monoisotopic (exact) mass is 606 g/mol. The average Bonchev–Trinajstić information content (AvgIpc) is 3.06. The van der Waals surface area contributed by atoms with E-state index in [1.54, 1.807) is 44.2 Å². The van der Waals surface area contributed by atoms with E-state index in [0.29, 0.717) is 5.56 Å². The maximum absolute atomic E-state index is 13.6. The molecule has 9 heteroatoms. The number of carbonyl (C=O) groups is 5. The number of amides is 4. The first-order valence-electron chi connectivity index (χ1n) is 14.9. The van der Waals surface area contributed by atoms with Crippen molar-refractivity contribution >= 4 is 40.2 Å². The molecule has 4 rings (SSSR count). The van der Waals surface area contributed by atoms with E-state index in [4.69, 9.17) is 0 Å². The van der Waals surface area contributed by atoms with Gasteiger partial charge in [0.1, 0.15) is 12.1 Å². The van der Waals surface area contributed by atoms with Gasteiger partial charge in [0.2, 0.25) is 17.6 Å². The van der Waals surface area contributed by atoms with Gasteiger partial charge in [0.25, 0.3) is 11.8 Å². The fourth-order valence-electron chi connectivity index (χ4n) is 4.93. The normalized spacial score (nSPS) is 12.9. The Labute approximate surface area is 262 Å². The Bertz CT molecular complexity index is 1650. The molecule has 4 aromatic rings. The molecule has 0 aromatic heterocycles. The van der Waals surface area contributed by atoms with Crippen molar-refractivity contribution in [1.29, 1.82) is 0 Å². The Hall–Kier alpha value is -5.31. The molecule has 232 valence electrons. The van der Waals surface area contributed by atoms with Gasteiger partial charge in [0.05, 0.1) is 6.04 Å². The second-order valence-corrected chi connectivity index (χ2v) is 11.2. The molecule has 3 atom stereocenters. The van der Waals surface area contributed by atoms with Crippen LogP contribution >= 0.6 is 0 Å². The van der Waals surface area contributed by atoms with Gasteiger partial charge in [-0.25, -0.2) is 0 Å². The van der Waals surface area contributed by atoms with Crippen molar-refractivity contribution in [3.8, 4) is 0 Å². The van der Waals surface area contributed by atoms with Crippen molar-refractivity contribution in [1.82, 2.24) is 21.3 Å². The third kappa shape index (κ3) is 8.86. The number of hydrogen-bond donors (Lipinski definition) is 4. The predicted molar refractivity (Wildman–Crippen MR) is 173 cm³/mol. The van der Waals surface area contributed by atoms with E-state index >= 15 is 0 Å². The number of fused-ring (bicyclic) bond motifs is 1. The van der Waals surface area contributed by atoms with Crippen molar-refractivity contribution in [2.75, 3.05) is 0 Å². The Morgan fingerprint density at radius 2 is 1.27 bits per heavy atom. The van der Waals surface area contributed by atoms with Crippen molar-refractivity contribution in [3.05, 3.63) is 120 Å². The summed E-state index contributed by atoms with van der Waals surface area (Å²) in [6.07, 6.45) is 0.175. The van der Waals surface area contributed by atoms with Gasteiger partial charge in [-0.3, -0.25) is 24.0 Å². The number of benzene rings is 4. The summed E-state index contributed by atoms with van der Waals surface area (Å²) in [7, 11) is 0. The van der Waals surface area contributed by atoms with E-state index < -0.39 is 53.5 Å². The lowest BCUT2D eigenvalue weighted by Crippen LogP contribution is -2.57. The molecular weight excluding hydrogens is 568 g/mol. The van der Waals surface area contributed by atoms with E-state index in [1.807, 2.05) is 72.8 Å². The van der Waals surface area contributed by atoms with Crippen LogP contribution < -0.4 is 21.3 Å². The number of hydrogen-bond acceptors (Lipinski definition) is 5. The number of Topliss-reactive ketones (excluding diaryl/α,β-unsaturated/α-hetero) is 1. The number of rotatable bonds is 13. The van der Waals surface area contributed by atoms with Crippen LogP contribution in [0.3, 0.4) is 0 Å². The molecule has 0 spiro atoms. The molecule has 0 saturated heterocycles. The second-order valence-electron chi connectivity index (χ2n) is 11.2. The molecule has 0 fully saturated rings. The maximum atomic E-state index is 13.6. The van der Waals surface area contributed by atoms with Crippen LogP contribution in [0, 0.1) is 5.92 Å². The van der Waals surface area contributed by atoms with Crippen molar-refractivity contribution < 1.29 is 24.0 Å². The standard InChI is InChI=1S/C36H38N4O5/c1-23(2)31(32(41)36(45)37-22-25-13-6-4-7-14-25)40-33(42)24(3)38-35(44)30(39-34(43)27-16-8-5-9-17-27)21-28-19-12-18-26-15-10-11-20-29(26)28/h4-20,23-24,30-31H,21-22H2,1-3H3,(H,37,45)(H,38,44)(H,39,43)(H,40,42)/t24?,30?,31-/m0/s1. The van der Waals surface area contributed by atoms with E-state index in [0.717, 1.165) is 21.9 Å². The Kier molecular flexibility index (Phi) is 11.2. The summed E-state index contributed by atoms with van der Waals surface area (Å²) < 4.78 is 0. The number of carbonyl (C=O) groups excluding carboxylic acids is 5. The quantitative estimate of drug-likeness (QED) is 0.172. The first kappa shape index (κ1) is 32.6. The fraction of sp³-hybridized carbons (Fsp3) is 0.250. The van der Waals surface area contributed by atoms with Gasteiger partial charge in [-0.2, -0.15) is 0 Å². The Balaban J connectivity index is 1.45. The first-order valence-corrected chi connectivity index (χ1v) is 14.9. The lowest BCUT2D eigenvalue weighted by molar-refractivity contribution is -0.141. The van der Waals surface area contributed by atoms with Crippen LogP contribution in [0.1, 0.15) is 42.3 Å². The van der Waals surface area contributed by atoms with E-state index in [-0.39, 0.29) is 13.0 Å². The SMILES string of the molecule is CC(NC(=O)C(Cc1cccc2ccccc12)NC(=O)c1ccccc1)C(=O)N[C@H](C(=O)C(=O)NCc1ccccc1)C(C)C. The molecular formula is C36H38N4O5. The van der Waals surface area contributed by atoms with E-state index in [1.165, 1.54) is 6.92 Å². The summed E-state index contributed by atoms with van der Waals surface area (Å²) in [6, 6.07) is 28.1. The van der Waals surface area contributed by atoms with E-state index in [9.17, 15) is 24.0 Å². The smallest absolute Gasteiger partial charge is 0.289 e. The van der Waals surface area contributed by atoms with Gasteiger partial charge in [0, 0.05) is 18.5 Å². The zero-order valence-corrected chi connectivity index (χ0v) is 25.6. The molecule has 4 N–H and O–H groups in total. The lowest BCUT2D eigenvalue weighted by Gasteiger charge is -2.25. The Morgan fingerprint density at radius 1 is 0.644 bits per heavy atom. The fourth-order valence-corrected chi connectivity index (χ4v) is 4.93. The molecule has 0 saturated carbocycles. The van der Waals surface area contributed by atoms with Crippen LogP contribution in [0.4, 0.5) is 0 Å². The van der Waals surface area contributed by atoms with Crippen LogP contribution in [0.5, 0.6) is 0 Å². The maximum Gasteiger partial charge on any atom is 0.289 e. The van der Waals surface area contributed by atoms with Crippen LogP contribution in [0.15, 0.2) is 103 Å². The summed E-state index contributed by atoms with van der Waals surface area (Å²) >= 11 is 0. The number of nitrogens with one attached hydrogen (secondary N) is 4. The molecule has 4 amide bonds. The molecule has 2 unspecified atom stereocenters. The average molecular weight is 607 g/mol. The van der Waals surface area contributed by atoms with Crippen LogP contribution in [-0.4, -0.2) is 47.5 Å². The van der Waals surface area contributed by atoms with Gasteiger partial charge >= 0.3 is 0 Å². The third-order valence-corrected chi connectivity index (χ3v) is 7.48. The highest BCUT2D eigenvalue weighted by Gasteiger charge is 2.32. The van der Waals surface area contributed by atoms with Gasteiger partial charge in [-0.1, -0.05) is 105 Å². The Morgan fingerprint density at radius 3 is 1.96 bits per heavy atom. The minimum atomic E-state index is -1.10. The summed E-state index contributed by atoms with van der Waals surface area (Å²) in [5, 5.41) is 12.7. The summed E-state index contributed by atoms with van der Waals surface area (Å²) in [4.78, 5) is 65.5. The van der Waals surface area contributed by atoms with Crippen molar-refractivity contribution in [3.63, 3.8) is 0 Å². The highest BCUT2D eigenvalue weighted by Crippen LogP contribution is 2.20. The molecule has 0 aliphatic carbocycles. The van der Waals surface area contributed by atoms with Gasteiger partial charge in [-0.15, -0.1) is 0 Å². The largest absolute Gasteiger partial charge is 0.345 e. The highest BCUT2D eigenvalue weighted by atomic mass is 16.2. The minimum absolute atomic E-state index is 0.170. The second kappa shape index (κ2) is 15.4. The van der Waals surface area contributed by atoms with Crippen molar-refractivity contribution in [2.45, 2.75) is 51.9 Å². The molecule has 45 heavy (non-hydrogen) atoms. The van der Waals surface area contributed by atoms with E-state index in [2.05, 4.69) is 21.3 Å². The summed E-state index contributed by atoms with van der Waals surface area (Å²) in [6.45, 7) is 5.09. The summed E-state index contributed by atoms with van der Waals surface area (Å²) in [5.74, 6) is -3.62. The summed E-state index contributed by atoms with van der Waals surface area (Å²) in [5.41, 5.74) is 2.08. The number of ketones is 1. The first-order chi connectivity index (χ1) is 21.6. The molecule has 0 radical (unpaired) electrons. The van der Waals surface area contributed by atoms with Crippen LogP contribution in [0.2, 0.25) is 0 Å². The zero-order valence-electron chi connectivity index (χ0n) is 25.6.